The molecule has 16 heavy (non-hydrogen) atoms. The minimum atomic E-state index is -2.95. The first-order valence-electron chi connectivity index (χ1n) is 5.97. The lowest BCUT2D eigenvalue weighted by atomic mass is 10.2. The molecule has 1 atom stereocenters. The predicted octanol–water partition coefficient (Wildman–Crippen LogP) is 1.60. The molecule has 0 amide bonds. The maximum atomic E-state index is 11.7. The highest BCUT2D eigenvalue weighted by atomic mass is 32.2. The van der Waals surface area contributed by atoms with Crippen LogP contribution >= 0.6 is 0 Å². The van der Waals surface area contributed by atoms with E-state index in [4.69, 9.17) is 9.47 Å². The Bertz CT molecular complexity index is 280. The summed E-state index contributed by atoms with van der Waals surface area (Å²) in [5, 5.41) is 0. The molecule has 0 aromatic heterocycles. The maximum Gasteiger partial charge on any atom is 0.158 e. The van der Waals surface area contributed by atoms with E-state index in [1.165, 1.54) is 0 Å². The summed E-state index contributed by atoms with van der Waals surface area (Å²) < 4.78 is 34.1. The van der Waals surface area contributed by atoms with Gasteiger partial charge in [-0.05, 0) is 12.3 Å². The third kappa shape index (κ3) is 5.27. The smallest absolute Gasteiger partial charge is 0.158 e. The highest BCUT2D eigenvalue weighted by Crippen LogP contribution is 2.12. The topological polar surface area (TPSA) is 52.6 Å². The van der Waals surface area contributed by atoms with Gasteiger partial charge in [0, 0.05) is 6.42 Å². The van der Waals surface area contributed by atoms with Crippen molar-refractivity contribution in [1.29, 1.82) is 0 Å². The lowest BCUT2D eigenvalue weighted by Gasteiger charge is -2.23. The van der Waals surface area contributed by atoms with Crippen molar-refractivity contribution in [3.8, 4) is 0 Å². The van der Waals surface area contributed by atoms with E-state index in [1.807, 2.05) is 13.8 Å². The van der Waals surface area contributed by atoms with E-state index >= 15 is 0 Å². The summed E-state index contributed by atoms with van der Waals surface area (Å²) >= 11 is 0. The van der Waals surface area contributed by atoms with Gasteiger partial charge in [0.15, 0.2) is 16.1 Å². The second kappa shape index (κ2) is 6.57. The summed E-state index contributed by atoms with van der Waals surface area (Å²) in [6.45, 7) is 5.32. The van der Waals surface area contributed by atoms with Gasteiger partial charge in [0.1, 0.15) is 0 Å². The average molecular weight is 250 g/mol. The van der Waals surface area contributed by atoms with Crippen molar-refractivity contribution in [1.82, 2.24) is 0 Å². The summed E-state index contributed by atoms with van der Waals surface area (Å²) in [5.74, 6) is 0.677. The fourth-order valence-corrected chi connectivity index (χ4v) is 3.43. The Morgan fingerprint density at radius 1 is 1.31 bits per heavy atom. The number of rotatable bonds is 6. The van der Waals surface area contributed by atoms with Crippen LogP contribution in [0.2, 0.25) is 0 Å². The molecule has 1 rings (SSSR count). The van der Waals surface area contributed by atoms with Crippen LogP contribution in [0.3, 0.4) is 0 Å². The van der Waals surface area contributed by atoms with Gasteiger partial charge in [-0.1, -0.05) is 20.3 Å². The van der Waals surface area contributed by atoms with Crippen LogP contribution in [0.25, 0.3) is 0 Å². The molecular formula is C11H22O4S. The van der Waals surface area contributed by atoms with E-state index in [-0.39, 0.29) is 23.7 Å². The molecule has 1 saturated heterocycles. The average Bonchev–Trinajstić information content (AvgIpc) is 2.27. The van der Waals surface area contributed by atoms with Crippen molar-refractivity contribution < 1.29 is 17.9 Å². The highest BCUT2D eigenvalue weighted by Gasteiger charge is 2.20. The molecule has 0 saturated carbocycles. The first-order chi connectivity index (χ1) is 7.53. The molecule has 0 aromatic rings. The number of hydrogen-bond donors (Lipinski definition) is 0. The molecule has 0 radical (unpaired) electrons. The molecule has 1 aliphatic rings. The fourth-order valence-electron chi connectivity index (χ4n) is 1.61. The summed E-state index contributed by atoms with van der Waals surface area (Å²) in [7, 11) is -2.95. The Balaban J connectivity index is 2.29. The zero-order chi connectivity index (χ0) is 12.0. The Hall–Kier alpha value is -0.130. The van der Waals surface area contributed by atoms with Crippen LogP contribution in [-0.2, 0) is 19.3 Å². The molecule has 1 unspecified atom stereocenters. The van der Waals surface area contributed by atoms with Crippen LogP contribution in [0, 0.1) is 5.92 Å². The second-order valence-corrected chi connectivity index (χ2v) is 6.67. The standard InChI is InChI=1S/C11H22O4S/c1-3-10(2)9-16(12,13)8-5-11-14-6-4-7-15-11/h10-11H,3-9H2,1-2H3. The van der Waals surface area contributed by atoms with Crippen molar-refractivity contribution in [2.75, 3.05) is 24.7 Å². The Labute approximate surface area is 98.2 Å². The lowest BCUT2D eigenvalue weighted by Crippen LogP contribution is -2.28. The Kier molecular flexibility index (Phi) is 5.72. The van der Waals surface area contributed by atoms with Gasteiger partial charge >= 0.3 is 0 Å². The van der Waals surface area contributed by atoms with Crippen LogP contribution in [0.1, 0.15) is 33.1 Å². The van der Waals surface area contributed by atoms with Gasteiger partial charge < -0.3 is 9.47 Å². The minimum Gasteiger partial charge on any atom is -0.353 e. The van der Waals surface area contributed by atoms with E-state index in [0.29, 0.717) is 19.6 Å². The molecule has 1 fully saturated rings. The molecule has 5 heteroatoms. The van der Waals surface area contributed by atoms with E-state index in [1.54, 1.807) is 0 Å². The van der Waals surface area contributed by atoms with Crippen molar-refractivity contribution in [2.45, 2.75) is 39.4 Å². The molecule has 4 nitrogen and oxygen atoms in total. The third-order valence-corrected chi connectivity index (χ3v) is 4.73. The second-order valence-electron chi connectivity index (χ2n) is 4.44. The van der Waals surface area contributed by atoms with E-state index < -0.39 is 9.84 Å². The van der Waals surface area contributed by atoms with Gasteiger partial charge in [0.2, 0.25) is 0 Å². The lowest BCUT2D eigenvalue weighted by molar-refractivity contribution is -0.178. The SMILES string of the molecule is CCC(C)CS(=O)(=O)CCC1OCCCO1. The number of hydrogen-bond acceptors (Lipinski definition) is 4. The molecule has 1 heterocycles. The highest BCUT2D eigenvalue weighted by molar-refractivity contribution is 7.91. The van der Waals surface area contributed by atoms with Crippen molar-refractivity contribution >= 4 is 9.84 Å². The van der Waals surface area contributed by atoms with Crippen LogP contribution in [0.4, 0.5) is 0 Å². The molecule has 0 aliphatic carbocycles. The van der Waals surface area contributed by atoms with Gasteiger partial charge in [-0.3, -0.25) is 0 Å². The summed E-state index contributed by atoms with van der Waals surface area (Å²) in [5.41, 5.74) is 0. The molecule has 0 aromatic carbocycles. The van der Waals surface area contributed by atoms with Crippen LogP contribution in [0.5, 0.6) is 0 Å². The quantitative estimate of drug-likeness (QED) is 0.718. The zero-order valence-corrected chi connectivity index (χ0v) is 11.0. The molecule has 0 spiro atoms. The molecule has 1 aliphatic heterocycles. The van der Waals surface area contributed by atoms with Gasteiger partial charge in [-0.15, -0.1) is 0 Å². The van der Waals surface area contributed by atoms with Gasteiger partial charge in [0.25, 0.3) is 0 Å². The molecule has 0 N–H and O–H groups in total. The summed E-state index contributed by atoms with van der Waals surface area (Å²) in [6, 6.07) is 0. The first kappa shape index (κ1) is 13.9. The predicted molar refractivity (Wildman–Crippen MR) is 63.0 cm³/mol. The third-order valence-electron chi connectivity index (χ3n) is 2.80. The van der Waals surface area contributed by atoms with Crippen LogP contribution in [-0.4, -0.2) is 39.4 Å². The maximum absolute atomic E-state index is 11.7. The van der Waals surface area contributed by atoms with Crippen molar-refractivity contribution in [3.63, 3.8) is 0 Å². The Morgan fingerprint density at radius 3 is 2.50 bits per heavy atom. The van der Waals surface area contributed by atoms with Crippen LogP contribution < -0.4 is 0 Å². The summed E-state index contributed by atoms with van der Waals surface area (Å²) in [4.78, 5) is 0. The van der Waals surface area contributed by atoms with E-state index in [0.717, 1.165) is 12.8 Å². The first-order valence-corrected chi connectivity index (χ1v) is 7.79. The monoisotopic (exact) mass is 250 g/mol. The van der Waals surface area contributed by atoms with Crippen molar-refractivity contribution in [3.05, 3.63) is 0 Å². The summed E-state index contributed by atoms with van der Waals surface area (Å²) in [6.07, 6.45) is 1.94. The van der Waals surface area contributed by atoms with Gasteiger partial charge in [0.05, 0.1) is 24.7 Å². The molecule has 0 bridgehead atoms. The largest absolute Gasteiger partial charge is 0.353 e. The van der Waals surface area contributed by atoms with Gasteiger partial charge in [-0.25, -0.2) is 8.42 Å². The van der Waals surface area contributed by atoms with Gasteiger partial charge in [-0.2, -0.15) is 0 Å². The number of sulfone groups is 1. The number of ether oxygens (including phenoxy) is 2. The minimum absolute atomic E-state index is 0.169. The van der Waals surface area contributed by atoms with E-state index in [2.05, 4.69) is 0 Å². The zero-order valence-electron chi connectivity index (χ0n) is 10.1. The van der Waals surface area contributed by atoms with Crippen molar-refractivity contribution in [2.24, 2.45) is 5.92 Å². The Morgan fingerprint density at radius 2 is 1.94 bits per heavy atom. The molecule has 96 valence electrons. The fraction of sp³-hybridized carbons (Fsp3) is 1.00. The van der Waals surface area contributed by atoms with E-state index in [9.17, 15) is 8.42 Å². The van der Waals surface area contributed by atoms with Crippen LogP contribution in [0.15, 0.2) is 0 Å². The normalized spacial score (nSPS) is 20.9. The molecular weight excluding hydrogens is 228 g/mol.